The van der Waals surface area contributed by atoms with Crippen LogP contribution in [0.5, 0.6) is 0 Å². The topological polar surface area (TPSA) is 80.3 Å². The van der Waals surface area contributed by atoms with E-state index in [1.165, 1.54) is 0 Å². The van der Waals surface area contributed by atoms with Crippen LogP contribution in [0.3, 0.4) is 0 Å². The molecule has 0 saturated carbocycles. The minimum absolute atomic E-state index is 0.0475. The number of hydrogen-bond donors (Lipinski definition) is 2. The fraction of sp³-hybridized carbons (Fsp3) is 0.467. The molecule has 0 spiro atoms. The first-order chi connectivity index (χ1) is 10.1. The number of rotatable bonds is 7. The second-order valence-corrected chi connectivity index (χ2v) is 5.31. The highest BCUT2D eigenvalue weighted by atomic mass is 16.4. The van der Waals surface area contributed by atoms with E-state index in [0.29, 0.717) is 18.7 Å². The summed E-state index contributed by atoms with van der Waals surface area (Å²) < 4.78 is 7.27. The molecule has 2 rings (SSSR count). The highest BCUT2D eigenvalue weighted by Crippen LogP contribution is 2.12. The van der Waals surface area contributed by atoms with Crippen LogP contribution in [-0.4, -0.2) is 33.4 Å². The van der Waals surface area contributed by atoms with E-state index in [2.05, 4.69) is 10.4 Å². The van der Waals surface area contributed by atoms with Gasteiger partial charge in [0.25, 0.3) is 5.91 Å². The molecule has 0 aliphatic heterocycles. The summed E-state index contributed by atoms with van der Waals surface area (Å²) in [5.41, 5.74) is 0. The second kappa shape index (κ2) is 7.08. The molecule has 0 bridgehead atoms. The van der Waals surface area contributed by atoms with Gasteiger partial charge in [-0.05, 0) is 30.5 Å². The van der Waals surface area contributed by atoms with Crippen LogP contribution < -0.4 is 5.32 Å². The van der Waals surface area contributed by atoms with Crippen molar-refractivity contribution in [2.24, 2.45) is 5.92 Å². The van der Waals surface area contributed by atoms with Gasteiger partial charge in [0.15, 0.2) is 5.76 Å². The first-order valence-electron chi connectivity index (χ1n) is 7.08. The fourth-order valence-electron chi connectivity index (χ4n) is 2.09. The normalized spacial score (nSPS) is 12.6. The van der Waals surface area contributed by atoms with Crippen molar-refractivity contribution in [2.45, 2.75) is 32.9 Å². The molecule has 0 aliphatic rings. The Labute approximate surface area is 123 Å². The maximum atomic E-state index is 12.1. The Kier molecular flexibility index (Phi) is 5.16. The van der Waals surface area contributed by atoms with Crippen LogP contribution in [0, 0.1) is 5.92 Å². The number of carbonyl (C=O) groups excluding carboxylic acids is 1. The number of aromatic nitrogens is 2. The Morgan fingerprint density at radius 3 is 2.90 bits per heavy atom. The van der Waals surface area contributed by atoms with E-state index < -0.39 is 0 Å². The average molecular weight is 291 g/mol. The van der Waals surface area contributed by atoms with Gasteiger partial charge in [-0.25, -0.2) is 0 Å². The summed E-state index contributed by atoms with van der Waals surface area (Å²) in [6.45, 7) is 4.55. The van der Waals surface area contributed by atoms with Crippen molar-refractivity contribution in [3.8, 4) is 0 Å². The van der Waals surface area contributed by atoms with E-state index in [-0.39, 0.29) is 30.2 Å². The lowest BCUT2D eigenvalue weighted by atomic mass is 10.0. The van der Waals surface area contributed by atoms with Crippen LogP contribution in [0.4, 0.5) is 0 Å². The van der Waals surface area contributed by atoms with Gasteiger partial charge < -0.3 is 14.8 Å². The molecule has 6 nitrogen and oxygen atoms in total. The molecular formula is C15H21N3O3. The zero-order chi connectivity index (χ0) is 15.2. The summed E-state index contributed by atoms with van der Waals surface area (Å²) in [5.74, 6) is 0.946. The van der Waals surface area contributed by atoms with Gasteiger partial charge in [0, 0.05) is 25.0 Å². The summed E-state index contributed by atoms with van der Waals surface area (Å²) in [6.07, 6.45) is 4.06. The van der Waals surface area contributed by atoms with E-state index in [1.807, 2.05) is 26.1 Å². The lowest BCUT2D eigenvalue weighted by Gasteiger charge is -2.20. The lowest BCUT2D eigenvalue weighted by molar-refractivity contribution is 0.0886. The van der Waals surface area contributed by atoms with Crippen molar-refractivity contribution in [3.63, 3.8) is 0 Å². The molecule has 6 heteroatoms. The number of aliphatic hydroxyl groups excluding tert-OH is 1. The molecule has 2 aromatic rings. The third kappa shape index (κ3) is 4.19. The number of amides is 1. The second-order valence-electron chi connectivity index (χ2n) is 5.31. The molecule has 2 aromatic heterocycles. The predicted molar refractivity (Wildman–Crippen MR) is 77.8 cm³/mol. The van der Waals surface area contributed by atoms with Crippen molar-refractivity contribution in [2.75, 3.05) is 6.61 Å². The number of hydrogen-bond acceptors (Lipinski definition) is 4. The van der Waals surface area contributed by atoms with Gasteiger partial charge in [0.1, 0.15) is 5.76 Å². The minimum Gasteiger partial charge on any atom is -0.454 e. The highest BCUT2D eigenvalue weighted by molar-refractivity contribution is 5.91. The zero-order valence-corrected chi connectivity index (χ0v) is 12.3. The van der Waals surface area contributed by atoms with Crippen molar-refractivity contribution >= 4 is 5.91 Å². The maximum Gasteiger partial charge on any atom is 0.287 e. The number of nitrogens with one attached hydrogen (secondary N) is 1. The summed E-state index contributed by atoms with van der Waals surface area (Å²) in [5, 5.41) is 16.0. The molecule has 2 heterocycles. The smallest absolute Gasteiger partial charge is 0.287 e. The van der Waals surface area contributed by atoms with Crippen LogP contribution in [-0.2, 0) is 6.54 Å². The molecule has 21 heavy (non-hydrogen) atoms. The van der Waals surface area contributed by atoms with Gasteiger partial charge in [-0.2, -0.15) is 5.10 Å². The van der Waals surface area contributed by atoms with Gasteiger partial charge >= 0.3 is 0 Å². The Morgan fingerprint density at radius 2 is 2.29 bits per heavy atom. The van der Waals surface area contributed by atoms with E-state index in [1.54, 1.807) is 23.0 Å². The van der Waals surface area contributed by atoms with Crippen LogP contribution in [0.1, 0.15) is 36.6 Å². The molecule has 1 atom stereocenters. The van der Waals surface area contributed by atoms with Crippen molar-refractivity contribution in [1.82, 2.24) is 15.1 Å². The Morgan fingerprint density at radius 1 is 1.48 bits per heavy atom. The molecule has 0 fully saturated rings. The molecule has 2 N–H and O–H groups in total. The van der Waals surface area contributed by atoms with Crippen LogP contribution in [0.15, 0.2) is 35.0 Å². The Balaban J connectivity index is 1.98. The Bertz CT molecular complexity index is 560. The molecule has 1 unspecified atom stereocenters. The van der Waals surface area contributed by atoms with Gasteiger partial charge in [0.2, 0.25) is 0 Å². The first kappa shape index (κ1) is 15.3. The van der Waals surface area contributed by atoms with Gasteiger partial charge in [-0.3, -0.25) is 9.48 Å². The van der Waals surface area contributed by atoms with Crippen LogP contribution >= 0.6 is 0 Å². The molecular weight excluding hydrogens is 270 g/mol. The van der Waals surface area contributed by atoms with Gasteiger partial charge in [-0.1, -0.05) is 13.8 Å². The standard InChI is InChI=1S/C15H21N3O3/c1-11(2)13(6-9-19)17-15(20)14-5-4-12(21-14)10-18-8-3-7-16-18/h3-5,7-8,11,13,19H,6,9-10H2,1-2H3,(H,17,20). The van der Waals surface area contributed by atoms with Crippen LogP contribution in [0.25, 0.3) is 0 Å². The minimum atomic E-state index is -0.256. The fourth-order valence-corrected chi connectivity index (χ4v) is 2.09. The molecule has 0 saturated heterocycles. The van der Waals surface area contributed by atoms with Crippen molar-refractivity contribution in [1.29, 1.82) is 0 Å². The van der Waals surface area contributed by atoms with E-state index >= 15 is 0 Å². The molecule has 1 amide bonds. The Hall–Kier alpha value is -2.08. The molecule has 114 valence electrons. The van der Waals surface area contributed by atoms with Crippen LogP contribution in [0.2, 0.25) is 0 Å². The third-order valence-corrected chi connectivity index (χ3v) is 3.32. The van der Waals surface area contributed by atoms with Gasteiger partial charge in [0.05, 0.1) is 6.54 Å². The van der Waals surface area contributed by atoms with E-state index in [4.69, 9.17) is 9.52 Å². The van der Waals surface area contributed by atoms with Crippen molar-refractivity contribution < 1.29 is 14.3 Å². The average Bonchev–Trinajstić information content (AvgIpc) is 3.10. The monoisotopic (exact) mass is 291 g/mol. The van der Waals surface area contributed by atoms with E-state index in [9.17, 15) is 4.79 Å². The number of furan rings is 1. The number of nitrogens with zero attached hydrogens (tertiary/aromatic N) is 2. The quantitative estimate of drug-likeness (QED) is 0.813. The first-order valence-corrected chi connectivity index (χ1v) is 7.08. The zero-order valence-electron chi connectivity index (χ0n) is 12.3. The summed E-state index contributed by atoms with van der Waals surface area (Å²) >= 11 is 0. The molecule has 0 radical (unpaired) electrons. The summed E-state index contributed by atoms with van der Waals surface area (Å²) in [6, 6.07) is 5.19. The van der Waals surface area contributed by atoms with Gasteiger partial charge in [-0.15, -0.1) is 0 Å². The highest BCUT2D eigenvalue weighted by Gasteiger charge is 2.19. The maximum absolute atomic E-state index is 12.1. The van der Waals surface area contributed by atoms with Crippen molar-refractivity contribution in [3.05, 3.63) is 42.1 Å². The summed E-state index contributed by atoms with van der Waals surface area (Å²) in [4.78, 5) is 12.1. The third-order valence-electron chi connectivity index (χ3n) is 3.32. The summed E-state index contributed by atoms with van der Waals surface area (Å²) in [7, 11) is 0. The number of carbonyl (C=O) groups is 1. The van der Waals surface area contributed by atoms with E-state index in [0.717, 1.165) is 0 Å². The lowest BCUT2D eigenvalue weighted by Crippen LogP contribution is -2.39. The largest absolute Gasteiger partial charge is 0.454 e. The molecule has 0 aromatic carbocycles. The SMILES string of the molecule is CC(C)C(CCO)NC(=O)c1ccc(Cn2cccn2)o1. The molecule has 0 aliphatic carbocycles. The predicted octanol–water partition coefficient (Wildman–Crippen LogP) is 1.66. The number of aliphatic hydroxyl groups is 1.